The van der Waals surface area contributed by atoms with Gasteiger partial charge in [-0.05, 0) is 80.4 Å². The summed E-state index contributed by atoms with van der Waals surface area (Å²) in [6, 6.07) is 41.1. The van der Waals surface area contributed by atoms with Crippen LogP contribution in [-0.4, -0.2) is 42.3 Å². The predicted octanol–water partition coefficient (Wildman–Crippen LogP) is 10.2. The van der Waals surface area contributed by atoms with E-state index in [9.17, 15) is 4.79 Å². The average Bonchev–Trinajstić information content (AvgIpc) is 3.76. The number of imidazole rings is 1. The van der Waals surface area contributed by atoms with Crippen molar-refractivity contribution in [3.05, 3.63) is 178 Å². The summed E-state index contributed by atoms with van der Waals surface area (Å²) < 4.78 is 14.3. The molecule has 278 valence electrons. The second-order valence-corrected chi connectivity index (χ2v) is 14.8. The van der Waals surface area contributed by atoms with E-state index in [0.717, 1.165) is 78.9 Å². The van der Waals surface area contributed by atoms with E-state index in [0.29, 0.717) is 24.5 Å². The minimum Gasteiger partial charge on any atom is -0.472 e. The third-order valence-electron chi connectivity index (χ3n) is 10.7. The Hall–Kier alpha value is -6.13. The number of benzene rings is 4. The lowest BCUT2D eigenvalue weighted by atomic mass is 9.77. The number of fused-ring (bicyclic) bond motifs is 1. The molecule has 3 aliphatic rings. The molecule has 10 heteroatoms. The fourth-order valence-corrected chi connectivity index (χ4v) is 8.83. The molecule has 1 saturated carbocycles. The number of hydrogen-bond donors (Lipinski definition) is 0. The number of rotatable bonds is 12. The van der Waals surface area contributed by atoms with Crippen molar-refractivity contribution in [3.63, 3.8) is 0 Å². The third-order valence-corrected chi connectivity index (χ3v) is 11.6. The Kier molecular flexibility index (Phi) is 9.42. The second kappa shape index (κ2) is 14.8. The molecule has 6 aromatic rings. The summed E-state index contributed by atoms with van der Waals surface area (Å²) in [6.07, 6.45) is 6.15. The van der Waals surface area contributed by atoms with Crippen LogP contribution in [0.4, 0.5) is 0 Å². The Morgan fingerprint density at radius 2 is 1.41 bits per heavy atom. The van der Waals surface area contributed by atoms with Gasteiger partial charge in [0.05, 0.1) is 31.4 Å². The maximum atomic E-state index is 13.7. The van der Waals surface area contributed by atoms with Crippen LogP contribution < -0.4 is 0 Å². The lowest BCUT2D eigenvalue weighted by Crippen LogP contribution is -2.39. The molecule has 0 unspecified atom stereocenters. The van der Waals surface area contributed by atoms with Gasteiger partial charge >= 0.3 is 5.97 Å². The van der Waals surface area contributed by atoms with Gasteiger partial charge in [-0.3, -0.25) is 0 Å². The molecule has 0 atom stereocenters. The van der Waals surface area contributed by atoms with E-state index < -0.39 is 5.54 Å². The Morgan fingerprint density at radius 3 is 2.00 bits per heavy atom. The van der Waals surface area contributed by atoms with E-state index in [-0.39, 0.29) is 18.5 Å². The van der Waals surface area contributed by atoms with Crippen LogP contribution in [0.5, 0.6) is 0 Å². The number of nitrogens with zero attached hydrogens (tertiary/aromatic N) is 6. The molecule has 1 aliphatic heterocycles. The van der Waals surface area contributed by atoms with Crippen LogP contribution in [0.2, 0.25) is 0 Å². The quantitative estimate of drug-likeness (QED) is 0.0896. The maximum Gasteiger partial charge on any atom is 0.356 e. The standard InChI is InChI=1S/C46H39BrN6O3/c1-3-39-48-42(30-24-25-30)43(45(54)56-4-2)52(39)28-37-34-26-27-55-29-38(34)41(47)40(37)35-22-14-15-23-36(35)44-49-51-53(50-44)46(31-16-8-5-9-17-31,32-18-10-6-11-19-32)33-20-12-7-13-21-33/h5-23,26-27,29-30H,3-4,24-25,28H2,1-2H3. The number of tetrazole rings is 1. The van der Waals surface area contributed by atoms with Gasteiger partial charge < -0.3 is 13.7 Å². The van der Waals surface area contributed by atoms with Crippen LogP contribution in [0.3, 0.4) is 0 Å². The highest BCUT2D eigenvalue weighted by molar-refractivity contribution is 9.10. The molecule has 0 spiro atoms. The first kappa shape index (κ1) is 35.6. The molecular formula is C46H39BrN6O3. The van der Waals surface area contributed by atoms with E-state index in [1.807, 2.05) is 85.8 Å². The van der Waals surface area contributed by atoms with Crippen molar-refractivity contribution >= 4 is 21.9 Å². The molecule has 0 amide bonds. The Balaban J connectivity index is 1.24. The van der Waals surface area contributed by atoms with Gasteiger partial charge in [0.2, 0.25) is 5.82 Å². The number of esters is 1. The summed E-state index contributed by atoms with van der Waals surface area (Å²) in [5.41, 5.74) is 9.05. The Bertz CT molecular complexity index is 2510. The highest BCUT2D eigenvalue weighted by atomic mass is 79.9. The van der Waals surface area contributed by atoms with Gasteiger partial charge in [-0.15, -0.1) is 15.0 Å². The van der Waals surface area contributed by atoms with Crippen molar-refractivity contribution in [2.75, 3.05) is 6.61 Å². The monoisotopic (exact) mass is 802 g/mol. The molecule has 9 rings (SSSR count). The zero-order valence-corrected chi connectivity index (χ0v) is 32.7. The first-order valence-electron chi connectivity index (χ1n) is 19.0. The number of carbonyl (C=O) groups excluding carboxylic acids is 1. The molecular weight excluding hydrogens is 764 g/mol. The highest BCUT2D eigenvalue weighted by Crippen LogP contribution is 2.49. The van der Waals surface area contributed by atoms with E-state index in [1.54, 1.807) is 17.3 Å². The number of aryl methyl sites for hydroxylation is 1. The summed E-state index contributed by atoms with van der Waals surface area (Å²) in [4.78, 5) is 20.5. The van der Waals surface area contributed by atoms with Gasteiger partial charge in [0.1, 0.15) is 5.82 Å². The fraction of sp³-hybridized carbons (Fsp3) is 0.196. The topological polar surface area (TPSA) is 101 Å². The average molecular weight is 804 g/mol. The molecule has 0 bridgehead atoms. The number of ether oxygens (including phenoxy) is 1. The molecule has 4 aromatic carbocycles. The molecule has 2 aliphatic carbocycles. The third kappa shape index (κ3) is 5.96. The van der Waals surface area contributed by atoms with Crippen molar-refractivity contribution in [2.24, 2.45) is 0 Å². The summed E-state index contributed by atoms with van der Waals surface area (Å²) in [5.74, 6) is 1.25. The van der Waals surface area contributed by atoms with Gasteiger partial charge in [-0.25, -0.2) is 9.78 Å². The first-order valence-corrected chi connectivity index (χ1v) is 19.8. The minimum absolute atomic E-state index is 0.270. The van der Waals surface area contributed by atoms with Crippen molar-refractivity contribution in [1.82, 2.24) is 29.8 Å². The zero-order chi connectivity index (χ0) is 38.2. The molecule has 56 heavy (non-hydrogen) atoms. The summed E-state index contributed by atoms with van der Waals surface area (Å²) >= 11 is 4.00. The van der Waals surface area contributed by atoms with Crippen LogP contribution in [0.25, 0.3) is 33.6 Å². The fourth-order valence-electron chi connectivity index (χ4n) is 8.07. The molecule has 3 heterocycles. The number of halogens is 1. The van der Waals surface area contributed by atoms with Crippen molar-refractivity contribution in [3.8, 4) is 33.6 Å². The predicted molar refractivity (Wildman–Crippen MR) is 219 cm³/mol. The van der Waals surface area contributed by atoms with Crippen molar-refractivity contribution < 1.29 is 13.9 Å². The Labute approximate surface area is 333 Å². The smallest absolute Gasteiger partial charge is 0.356 e. The summed E-state index contributed by atoms with van der Waals surface area (Å²) in [6.45, 7) is 4.60. The number of carbonyl (C=O) groups is 1. The van der Waals surface area contributed by atoms with E-state index in [2.05, 4.69) is 69.9 Å². The summed E-state index contributed by atoms with van der Waals surface area (Å²) in [7, 11) is 0. The normalized spacial score (nSPS) is 13.0. The largest absolute Gasteiger partial charge is 0.472 e. The van der Waals surface area contributed by atoms with Crippen LogP contribution in [0.15, 0.2) is 143 Å². The van der Waals surface area contributed by atoms with E-state index in [4.69, 9.17) is 29.5 Å². The van der Waals surface area contributed by atoms with Gasteiger partial charge in [0.15, 0.2) is 11.2 Å². The van der Waals surface area contributed by atoms with Crippen LogP contribution in [-0.2, 0) is 23.2 Å². The van der Waals surface area contributed by atoms with Gasteiger partial charge in [-0.1, -0.05) is 122 Å². The first-order chi connectivity index (χ1) is 27.5. The lowest BCUT2D eigenvalue weighted by molar-refractivity contribution is 0.0512. The SMILES string of the molecule is CCOC(=O)c1c(C2CC2)nc(CC)n1Cc1c2ccocc-2c(Br)c1-c1ccccc1-c1nnn(C(c2ccccc2)(c2ccccc2)c2ccccc2)n1. The van der Waals surface area contributed by atoms with Gasteiger partial charge in [0, 0.05) is 33.5 Å². The van der Waals surface area contributed by atoms with Crippen LogP contribution >= 0.6 is 15.9 Å². The van der Waals surface area contributed by atoms with E-state index >= 15 is 0 Å². The van der Waals surface area contributed by atoms with E-state index in [1.165, 1.54) is 0 Å². The number of hydrogen-bond acceptors (Lipinski definition) is 7. The maximum absolute atomic E-state index is 13.7. The number of aromatic nitrogens is 6. The van der Waals surface area contributed by atoms with Crippen LogP contribution in [0, 0.1) is 0 Å². The molecule has 1 fully saturated rings. The van der Waals surface area contributed by atoms with Crippen molar-refractivity contribution in [2.45, 2.75) is 51.1 Å². The molecule has 0 saturated heterocycles. The van der Waals surface area contributed by atoms with Crippen molar-refractivity contribution in [1.29, 1.82) is 0 Å². The van der Waals surface area contributed by atoms with Crippen LogP contribution in [0.1, 0.15) is 76.9 Å². The molecule has 0 N–H and O–H groups in total. The second-order valence-electron chi connectivity index (χ2n) is 14.0. The lowest BCUT2D eigenvalue weighted by Gasteiger charge is -2.34. The Morgan fingerprint density at radius 1 is 0.804 bits per heavy atom. The highest BCUT2D eigenvalue weighted by Gasteiger charge is 2.42. The minimum atomic E-state index is -0.924. The molecule has 2 aromatic heterocycles. The molecule has 0 radical (unpaired) electrons. The van der Waals surface area contributed by atoms with Gasteiger partial charge in [0.25, 0.3) is 0 Å². The zero-order valence-electron chi connectivity index (χ0n) is 31.1. The molecule has 9 nitrogen and oxygen atoms in total. The summed E-state index contributed by atoms with van der Waals surface area (Å²) in [5, 5.41) is 14.9. The van der Waals surface area contributed by atoms with Gasteiger partial charge in [-0.2, -0.15) is 0 Å².